The van der Waals surface area contributed by atoms with Gasteiger partial charge in [0.15, 0.2) is 0 Å². The molecule has 1 saturated heterocycles. The Morgan fingerprint density at radius 3 is 2.95 bits per heavy atom. The number of likely N-dealkylation sites (tertiary alicyclic amines) is 1. The molecule has 2 aliphatic rings. The summed E-state index contributed by atoms with van der Waals surface area (Å²) >= 11 is 0. The van der Waals surface area contributed by atoms with E-state index in [1.54, 1.807) is 0 Å². The van der Waals surface area contributed by atoms with Crippen LogP contribution in [0, 0.1) is 0 Å². The Balaban J connectivity index is 1.70. The second kappa shape index (κ2) is 5.86. The van der Waals surface area contributed by atoms with Gasteiger partial charge in [0.1, 0.15) is 5.82 Å². The van der Waals surface area contributed by atoms with E-state index in [1.807, 2.05) is 0 Å². The number of rotatable bonds is 3. The van der Waals surface area contributed by atoms with Crippen LogP contribution in [-0.4, -0.2) is 39.1 Å². The van der Waals surface area contributed by atoms with Gasteiger partial charge < -0.3 is 10.3 Å². The maximum Gasteiger partial charge on any atom is 0.110 e. The molecule has 112 valence electrons. The molecular formula is C16H28N4. The summed E-state index contributed by atoms with van der Waals surface area (Å²) in [5.41, 5.74) is 7.31. The third-order valence-corrected chi connectivity index (χ3v) is 4.88. The third-order valence-electron chi connectivity index (χ3n) is 4.88. The molecule has 0 radical (unpaired) electrons. The van der Waals surface area contributed by atoms with Crippen molar-refractivity contribution < 1.29 is 0 Å². The van der Waals surface area contributed by atoms with E-state index in [2.05, 4.69) is 29.5 Å². The number of piperidine rings is 1. The zero-order chi connectivity index (χ0) is 14.1. The molecule has 3 rings (SSSR count). The van der Waals surface area contributed by atoms with Gasteiger partial charge in [-0.25, -0.2) is 4.98 Å². The van der Waals surface area contributed by atoms with Gasteiger partial charge in [0.25, 0.3) is 0 Å². The average Bonchev–Trinajstić information content (AvgIpc) is 2.80. The summed E-state index contributed by atoms with van der Waals surface area (Å²) in [6, 6.07) is 1.62. The predicted molar refractivity (Wildman–Crippen MR) is 81.7 cm³/mol. The van der Waals surface area contributed by atoms with Crippen molar-refractivity contribution >= 4 is 0 Å². The fraction of sp³-hybridized carbons (Fsp3) is 0.812. The quantitative estimate of drug-likeness (QED) is 0.918. The molecule has 1 aromatic heterocycles. The summed E-state index contributed by atoms with van der Waals surface area (Å²) in [6.45, 7) is 6.92. The summed E-state index contributed by atoms with van der Waals surface area (Å²) < 4.78 is 2.32. The lowest BCUT2D eigenvalue weighted by Gasteiger charge is -2.38. The number of aromatic nitrogens is 2. The molecule has 3 heterocycles. The fourth-order valence-electron chi connectivity index (χ4n) is 3.77. The predicted octanol–water partition coefficient (Wildman–Crippen LogP) is 1.96. The molecule has 1 fully saturated rings. The standard InChI is InChI=1S/C16H28N4/c1-12(2)20-7-4-3-5-15(20)10-14-11-19-8-6-13(17)9-16(19)18-14/h11-13,15H,3-10,17H2,1-2H3. The number of imidazole rings is 1. The minimum Gasteiger partial charge on any atom is -0.335 e. The highest BCUT2D eigenvalue weighted by Crippen LogP contribution is 2.23. The van der Waals surface area contributed by atoms with Crippen LogP contribution in [0.1, 0.15) is 51.0 Å². The number of aryl methyl sites for hydroxylation is 1. The first kappa shape index (κ1) is 14.1. The van der Waals surface area contributed by atoms with Crippen molar-refractivity contribution in [1.29, 1.82) is 0 Å². The molecule has 0 aliphatic carbocycles. The maximum atomic E-state index is 6.04. The number of fused-ring (bicyclic) bond motifs is 1. The van der Waals surface area contributed by atoms with Crippen molar-refractivity contribution in [2.24, 2.45) is 5.73 Å². The lowest BCUT2D eigenvalue weighted by molar-refractivity contribution is 0.111. The van der Waals surface area contributed by atoms with Crippen molar-refractivity contribution in [2.45, 2.75) is 77.0 Å². The Morgan fingerprint density at radius 1 is 1.30 bits per heavy atom. The van der Waals surface area contributed by atoms with Crippen molar-refractivity contribution in [3.05, 3.63) is 17.7 Å². The second-order valence-corrected chi connectivity index (χ2v) is 6.78. The molecule has 4 nitrogen and oxygen atoms in total. The Hall–Kier alpha value is -0.870. The first-order chi connectivity index (χ1) is 9.63. The lowest BCUT2D eigenvalue weighted by Crippen LogP contribution is -2.45. The van der Waals surface area contributed by atoms with Gasteiger partial charge in [-0.3, -0.25) is 4.90 Å². The van der Waals surface area contributed by atoms with E-state index in [4.69, 9.17) is 10.7 Å². The molecular weight excluding hydrogens is 248 g/mol. The Bertz CT molecular complexity index is 451. The summed E-state index contributed by atoms with van der Waals surface area (Å²) in [5.74, 6) is 1.20. The molecule has 0 saturated carbocycles. The van der Waals surface area contributed by atoms with Crippen LogP contribution in [0.3, 0.4) is 0 Å². The molecule has 0 aromatic carbocycles. The summed E-state index contributed by atoms with van der Waals surface area (Å²) in [5, 5.41) is 0. The van der Waals surface area contributed by atoms with Crippen molar-refractivity contribution in [3.63, 3.8) is 0 Å². The number of nitrogens with zero attached hydrogens (tertiary/aromatic N) is 3. The number of hydrogen-bond acceptors (Lipinski definition) is 3. The monoisotopic (exact) mass is 276 g/mol. The fourth-order valence-corrected chi connectivity index (χ4v) is 3.77. The molecule has 4 heteroatoms. The van der Waals surface area contributed by atoms with Crippen LogP contribution in [0.5, 0.6) is 0 Å². The topological polar surface area (TPSA) is 47.1 Å². The summed E-state index contributed by atoms with van der Waals surface area (Å²) in [7, 11) is 0. The van der Waals surface area contributed by atoms with Gasteiger partial charge in [0.05, 0.1) is 5.69 Å². The molecule has 0 amide bonds. The SMILES string of the molecule is CC(C)N1CCCCC1Cc1cn2c(n1)CC(N)CC2. The summed E-state index contributed by atoms with van der Waals surface area (Å²) in [6.07, 6.45) is 9.44. The molecule has 20 heavy (non-hydrogen) atoms. The lowest BCUT2D eigenvalue weighted by atomic mass is 9.97. The zero-order valence-electron chi connectivity index (χ0n) is 12.9. The van der Waals surface area contributed by atoms with Gasteiger partial charge in [-0.15, -0.1) is 0 Å². The second-order valence-electron chi connectivity index (χ2n) is 6.78. The maximum absolute atomic E-state index is 6.04. The first-order valence-corrected chi connectivity index (χ1v) is 8.19. The molecule has 2 atom stereocenters. The van der Waals surface area contributed by atoms with E-state index in [9.17, 15) is 0 Å². The van der Waals surface area contributed by atoms with Gasteiger partial charge >= 0.3 is 0 Å². The van der Waals surface area contributed by atoms with Crippen LogP contribution < -0.4 is 5.73 Å². The Morgan fingerprint density at radius 2 is 2.15 bits per heavy atom. The van der Waals surface area contributed by atoms with E-state index in [0.29, 0.717) is 18.1 Å². The summed E-state index contributed by atoms with van der Waals surface area (Å²) in [4.78, 5) is 7.51. The van der Waals surface area contributed by atoms with Crippen molar-refractivity contribution in [1.82, 2.24) is 14.5 Å². The van der Waals surface area contributed by atoms with E-state index in [1.165, 1.54) is 37.3 Å². The first-order valence-electron chi connectivity index (χ1n) is 8.19. The molecule has 0 bridgehead atoms. The van der Waals surface area contributed by atoms with Crippen molar-refractivity contribution in [2.75, 3.05) is 6.54 Å². The van der Waals surface area contributed by atoms with Crippen LogP contribution in [0.15, 0.2) is 6.20 Å². The Labute approximate surface area is 122 Å². The smallest absolute Gasteiger partial charge is 0.110 e. The number of nitrogens with two attached hydrogens (primary N) is 1. The van der Waals surface area contributed by atoms with Crippen LogP contribution in [0.4, 0.5) is 0 Å². The van der Waals surface area contributed by atoms with Crippen LogP contribution >= 0.6 is 0 Å². The normalized spacial score (nSPS) is 27.8. The molecule has 1 aromatic rings. The van der Waals surface area contributed by atoms with Gasteiger partial charge in [-0.05, 0) is 39.7 Å². The van der Waals surface area contributed by atoms with Gasteiger partial charge in [0.2, 0.25) is 0 Å². The van der Waals surface area contributed by atoms with E-state index in [-0.39, 0.29) is 0 Å². The van der Waals surface area contributed by atoms with Gasteiger partial charge in [-0.2, -0.15) is 0 Å². The number of hydrogen-bond donors (Lipinski definition) is 1. The highest BCUT2D eigenvalue weighted by molar-refractivity contribution is 5.09. The molecule has 2 N–H and O–H groups in total. The minimum absolute atomic E-state index is 0.305. The average molecular weight is 276 g/mol. The highest BCUT2D eigenvalue weighted by atomic mass is 15.2. The van der Waals surface area contributed by atoms with Gasteiger partial charge in [-0.1, -0.05) is 6.42 Å². The van der Waals surface area contributed by atoms with Crippen LogP contribution in [0.2, 0.25) is 0 Å². The Kier molecular flexibility index (Phi) is 4.13. The van der Waals surface area contributed by atoms with E-state index >= 15 is 0 Å². The van der Waals surface area contributed by atoms with Crippen LogP contribution in [-0.2, 0) is 19.4 Å². The molecule has 0 spiro atoms. The largest absolute Gasteiger partial charge is 0.335 e. The third kappa shape index (κ3) is 2.91. The molecule has 2 unspecified atom stereocenters. The molecule has 2 aliphatic heterocycles. The van der Waals surface area contributed by atoms with Crippen molar-refractivity contribution in [3.8, 4) is 0 Å². The van der Waals surface area contributed by atoms with E-state index < -0.39 is 0 Å². The van der Waals surface area contributed by atoms with Gasteiger partial charge in [0, 0.05) is 43.7 Å². The minimum atomic E-state index is 0.305. The highest BCUT2D eigenvalue weighted by Gasteiger charge is 2.26. The zero-order valence-corrected chi connectivity index (χ0v) is 12.9. The van der Waals surface area contributed by atoms with Crippen LogP contribution in [0.25, 0.3) is 0 Å². The van der Waals surface area contributed by atoms with E-state index in [0.717, 1.165) is 25.8 Å².